The molecule has 72 valence electrons. The Morgan fingerprint density at radius 2 is 2.15 bits per heavy atom. The largest absolute Gasteiger partial charge is 0.330 e. The standard InChI is InChI=1S/C10H15BrN2/c1-7-2-3-8(6-9(7)11)10(13)4-5-12/h2-3,6,10H,4-5,12-13H2,1H3/t10-/m1/s1. The Balaban J connectivity index is 2.84. The van der Waals surface area contributed by atoms with Crippen LogP contribution in [0.3, 0.4) is 0 Å². The molecule has 3 heteroatoms. The molecule has 0 saturated heterocycles. The van der Waals surface area contributed by atoms with Gasteiger partial charge in [-0.05, 0) is 37.1 Å². The predicted molar refractivity (Wildman–Crippen MR) is 59.5 cm³/mol. The molecule has 0 bridgehead atoms. The van der Waals surface area contributed by atoms with Crippen LogP contribution < -0.4 is 11.5 Å². The van der Waals surface area contributed by atoms with Crippen LogP contribution in [0, 0.1) is 6.92 Å². The zero-order chi connectivity index (χ0) is 9.84. The van der Waals surface area contributed by atoms with Crippen molar-refractivity contribution in [2.24, 2.45) is 11.5 Å². The molecule has 0 aliphatic carbocycles. The molecule has 0 amide bonds. The van der Waals surface area contributed by atoms with Crippen LogP contribution in [0.1, 0.15) is 23.6 Å². The Hall–Kier alpha value is -0.380. The molecule has 13 heavy (non-hydrogen) atoms. The molecule has 0 aromatic heterocycles. The third kappa shape index (κ3) is 2.79. The summed E-state index contributed by atoms with van der Waals surface area (Å²) in [5, 5.41) is 0. The summed E-state index contributed by atoms with van der Waals surface area (Å²) in [6.45, 7) is 2.69. The van der Waals surface area contributed by atoms with Crippen molar-refractivity contribution in [2.75, 3.05) is 6.54 Å². The number of hydrogen-bond donors (Lipinski definition) is 2. The lowest BCUT2D eigenvalue weighted by molar-refractivity contribution is 0.661. The van der Waals surface area contributed by atoms with Crippen molar-refractivity contribution in [1.29, 1.82) is 0 Å². The van der Waals surface area contributed by atoms with E-state index in [0.717, 1.165) is 16.5 Å². The number of benzene rings is 1. The lowest BCUT2D eigenvalue weighted by atomic mass is 10.0. The minimum absolute atomic E-state index is 0.0573. The minimum atomic E-state index is 0.0573. The first-order valence-electron chi connectivity index (χ1n) is 4.37. The van der Waals surface area contributed by atoms with Gasteiger partial charge in [-0.3, -0.25) is 0 Å². The van der Waals surface area contributed by atoms with Crippen molar-refractivity contribution >= 4 is 15.9 Å². The van der Waals surface area contributed by atoms with Crippen LogP contribution in [0.25, 0.3) is 0 Å². The van der Waals surface area contributed by atoms with Gasteiger partial charge in [-0.1, -0.05) is 28.1 Å². The highest BCUT2D eigenvalue weighted by atomic mass is 79.9. The molecule has 0 aliphatic heterocycles. The summed E-state index contributed by atoms with van der Waals surface area (Å²) in [4.78, 5) is 0. The molecule has 1 rings (SSSR count). The molecular weight excluding hydrogens is 228 g/mol. The number of rotatable bonds is 3. The number of aryl methyl sites for hydroxylation is 1. The van der Waals surface area contributed by atoms with E-state index in [9.17, 15) is 0 Å². The van der Waals surface area contributed by atoms with Crippen molar-refractivity contribution < 1.29 is 0 Å². The summed E-state index contributed by atoms with van der Waals surface area (Å²) >= 11 is 3.48. The van der Waals surface area contributed by atoms with Crippen molar-refractivity contribution in [3.8, 4) is 0 Å². The predicted octanol–water partition coefficient (Wildman–Crippen LogP) is 2.11. The quantitative estimate of drug-likeness (QED) is 0.854. The van der Waals surface area contributed by atoms with Crippen LogP contribution in [-0.2, 0) is 0 Å². The first kappa shape index (κ1) is 10.7. The third-order valence-electron chi connectivity index (χ3n) is 2.10. The highest BCUT2D eigenvalue weighted by Crippen LogP contribution is 2.21. The van der Waals surface area contributed by atoms with E-state index >= 15 is 0 Å². The van der Waals surface area contributed by atoms with E-state index < -0.39 is 0 Å². The smallest absolute Gasteiger partial charge is 0.0307 e. The fourth-order valence-electron chi connectivity index (χ4n) is 1.19. The van der Waals surface area contributed by atoms with Gasteiger partial charge in [0.05, 0.1) is 0 Å². The fourth-order valence-corrected chi connectivity index (χ4v) is 1.58. The van der Waals surface area contributed by atoms with Crippen molar-refractivity contribution in [2.45, 2.75) is 19.4 Å². The van der Waals surface area contributed by atoms with Crippen LogP contribution in [0.15, 0.2) is 22.7 Å². The monoisotopic (exact) mass is 242 g/mol. The van der Waals surface area contributed by atoms with Gasteiger partial charge in [-0.2, -0.15) is 0 Å². The van der Waals surface area contributed by atoms with Gasteiger partial charge in [0.1, 0.15) is 0 Å². The maximum Gasteiger partial charge on any atom is 0.0307 e. The zero-order valence-corrected chi connectivity index (χ0v) is 9.34. The van der Waals surface area contributed by atoms with Gasteiger partial charge in [-0.15, -0.1) is 0 Å². The van der Waals surface area contributed by atoms with Gasteiger partial charge in [-0.25, -0.2) is 0 Å². The summed E-state index contributed by atoms with van der Waals surface area (Å²) in [5.41, 5.74) is 13.7. The lowest BCUT2D eigenvalue weighted by Crippen LogP contribution is -2.15. The van der Waals surface area contributed by atoms with Crippen LogP contribution >= 0.6 is 15.9 Å². The molecule has 1 aromatic rings. The average Bonchev–Trinajstić information content (AvgIpc) is 2.10. The van der Waals surface area contributed by atoms with E-state index in [1.165, 1.54) is 5.56 Å². The molecule has 0 heterocycles. The van der Waals surface area contributed by atoms with E-state index in [-0.39, 0.29) is 6.04 Å². The fraction of sp³-hybridized carbons (Fsp3) is 0.400. The first-order valence-corrected chi connectivity index (χ1v) is 5.16. The van der Waals surface area contributed by atoms with Gasteiger partial charge in [0, 0.05) is 10.5 Å². The minimum Gasteiger partial charge on any atom is -0.330 e. The highest BCUT2D eigenvalue weighted by molar-refractivity contribution is 9.10. The van der Waals surface area contributed by atoms with Gasteiger partial charge in [0.25, 0.3) is 0 Å². The maximum absolute atomic E-state index is 5.92. The molecule has 1 aromatic carbocycles. The summed E-state index contributed by atoms with van der Waals surface area (Å²) in [5.74, 6) is 0. The molecule has 0 saturated carbocycles. The Kier molecular flexibility index (Phi) is 3.90. The molecule has 1 atom stereocenters. The SMILES string of the molecule is Cc1ccc([C@H](N)CCN)cc1Br. The van der Waals surface area contributed by atoms with Gasteiger partial charge >= 0.3 is 0 Å². The molecule has 2 nitrogen and oxygen atoms in total. The van der Waals surface area contributed by atoms with Crippen molar-refractivity contribution in [3.63, 3.8) is 0 Å². The Morgan fingerprint density at radius 1 is 1.46 bits per heavy atom. The van der Waals surface area contributed by atoms with E-state index in [0.29, 0.717) is 6.54 Å². The van der Waals surface area contributed by atoms with E-state index in [2.05, 4.69) is 41.1 Å². The summed E-state index contributed by atoms with van der Waals surface area (Å²) in [7, 11) is 0. The lowest BCUT2D eigenvalue weighted by Gasteiger charge is -2.11. The normalized spacial score (nSPS) is 12.9. The topological polar surface area (TPSA) is 52.0 Å². The second-order valence-electron chi connectivity index (χ2n) is 3.19. The highest BCUT2D eigenvalue weighted by Gasteiger charge is 2.05. The Morgan fingerprint density at radius 3 is 2.69 bits per heavy atom. The summed E-state index contributed by atoms with van der Waals surface area (Å²) in [6.07, 6.45) is 0.829. The van der Waals surface area contributed by atoms with E-state index in [1.54, 1.807) is 0 Å². The van der Waals surface area contributed by atoms with Crippen molar-refractivity contribution in [3.05, 3.63) is 33.8 Å². The van der Waals surface area contributed by atoms with Crippen LogP contribution in [0.2, 0.25) is 0 Å². The molecule has 0 radical (unpaired) electrons. The molecule has 4 N–H and O–H groups in total. The van der Waals surface area contributed by atoms with Gasteiger partial charge in [0.15, 0.2) is 0 Å². The summed E-state index contributed by atoms with van der Waals surface area (Å²) < 4.78 is 1.11. The van der Waals surface area contributed by atoms with Crippen LogP contribution in [0.5, 0.6) is 0 Å². The molecule has 0 unspecified atom stereocenters. The first-order chi connectivity index (χ1) is 6.15. The van der Waals surface area contributed by atoms with E-state index in [4.69, 9.17) is 11.5 Å². The third-order valence-corrected chi connectivity index (χ3v) is 2.96. The Labute approximate surface area is 87.4 Å². The Bertz CT molecular complexity index is 286. The number of nitrogens with two attached hydrogens (primary N) is 2. The maximum atomic E-state index is 5.92. The molecular formula is C10H15BrN2. The second kappa shape index (κ2) is 4.74. The average molecular weight is 243 g/mol. The van der Waals surface area contributed by atoms with Crippen molar-refractivity contribution in [1.82, 2.24) is 0 Å². The summed E-state index contributed by atoms with van der Waals surface area (Å²) in [6, 6.07) is 6.24. The number of hydrogen-bond acceptors (Lipinski definition) is 2. The van der Waals surface area contributed by atoms with Gasteiger partial charge < -0.3 is 11.5 Å². The zero-order valence-electron chi connectivity index (χ0n) is 7.76. The second-order valence-corrected chi connectivity index (χ2v) is 4.05. The molecule has 0 aliphatic rings. The van der Waals surface area contributed by atoms with Crippen LogP contribution in [-0.4, -0.2) is 6.54 Å². The van der Waals surface area contributed by atoms with E-state index in [1.807, 2.05) is 0 Å². The number of halogens is 1. The molecule has 0 fully saturated rings. The van der Waals surface area contributed by atoms with Crippen LogP contribution in [0.4, 0.5) is 0 Å². The van der Waals surface area contributed by atoms with Gasteiger partial charge in [0.2, 0.25) is 0 Å². The molecule has 0 spiro atoms.